The van der Waals surface area contributed by atoms with Crippen molar-refractivity contribution in [3.8, 4) is 0 Å². The lowest BCUT2D eigenvalue weighted by molar-refractivity contribution is -0.147. The quantitative estimate of drug-likeness (QED) is 0.0199. The third-order valence-electron chi connectivity index (χ3n) is 11.7. The number of aliphatic carboxylic acids is 1. The van der Waals surface area contributed by atoms with E-state index in [0.717, 1.165) is 96.3 Å². The number of carboxylic acids is 1. The first-order valence-electron chi connectivity index (χ1n) is 27.6. The highest BCUT2D eigenvalue weighted by atomic mass is 31.2. The first kappa shape index (κ1) is 66.7. The topological polar surface area (TPSA) is 169 Å². The van der Waals surface area contributed by atoms with E-state index in [0.29, 0.717) is 12.8 Å². The van der Waals surface area contributed by atoms with Crippen molar-refractivity contribution in [1.29, 1.82) is 0 Å². The first-order chi connectivity index (χ1) is 34.1. The fourth-order valence-corrected chi connectivity index (χ4v) is 8.14. The molecule has 0 aliphatic heterocycles. The number of unbranched alkanes of at least 4 members (excludes halogenated alkanes) is 23. The van der Waals surface area contributed by atoms with E-state index in [-0.39, 0.29) is 12.8 Å². The second-order valence-electron chi connectivity index (χ2n) is 18.4. The Morgan fingerprint density at radius 1 is 0.457 bits per heavy atom. The minimum atomic E-state index is -4.77. The van der Waals surface area contributed by atoms with E-state index in [4.69, 9.17) is 13.8 Å². The van der Waals surface area contributed by atoms with E-state index in [1.54, 1.807) is 0 Å². The van der Waals surface area contributed by atoms with Crippen molar-refractivity contribution in [2.45, 2.75) is 244 Å². The van der Waals surface area contributed by atoms with Crippen LogP contribution in [0.2, 0.25) is 0 Å². The normalized spacial score (nSPS) is 14.1. The van der Waals surface area contributed by atoms with Crippen molar-refractivity contribution in [3.05, 3.63) is 85.1 Å². The number of esters is 1. The Kier molecular flexibility index (Phi) is 49.5. The van der Waals surface area contributed by atoms with Gasteiger partial charge in [0.2, 0.25) is 5.91 Å². The van der Waals surface area contributed by atoms with Gasteiger partial charge in [0.1, 0.15) is 12.7 Å². The molecule has 0 rings (SSSR count). The van der Waals surface area contributed by atoms with Gasteiger partial charge < -0.3 is 25.2 Å². The largest absolute Gasteiger partial charge is 0.480 e. The molecule has 0 spiro atoms. The second-order valence-corrected chi connectivity index (χ2v) is 19.9. The summed E-state index contributed by atoms with van der Waals surface area (Å²) in [5.41, 5.74) is 0. The van der Waals surface area contributed by atoms with Crippen LogP contribution in [0.1, 0.15) is 232 Å². The van der Waals surface area contributed by atoms with Crippen molar-refractivity contribution < 1.29 is 47.8 Å². The van der Waals surface area contributed by atoms with Crippen LogP contribution < -0.4 is 5.32 Å². The Hall–Kier alpha value is -3.34. The third kappa shape index (κ3) is 51.0. The van der Waals surface area contributed by atoms with Crippen molar-refractivity contribution in [2.24, 2.45) is 0 Å². The summed E-state index contributed by atoms with van der Waals surface area (Å²) >= 11 is 0. The summed E-state index contributed by atoms with van der Waals surface area (Å²) < 4.78 is 27.0. The number of aliphatic hydroxyl groups is 1. The molecule has 1 amide bonds. The number of rotatable bonds is 51. The summed E-state index contributed by atoms with van der Waals surface area (Å²) in [4.78, 5) is 46.2. The maximum absolute atomic E-state index is 12.4. The number of hydrogen-bond acceptors (Lipinski definition) is 8. The minimum Gasteiger partial charge on any atom is -0.480 e. The number of phosphoric acid groups is 1. The molecule has 0 aromatic carbocycles. The number of carboxylic acid groups (broad SMARTS) is 1. The molecule has 70 heavy (non-hydrogen) atoms. The number of hydrogen-bond donors (Lipinski definition) is 4. The van der Waals surface area contributed by atoms with Crippen LogP contribution in [0.25, 0.3) is 0 Å². The molecular formula is C58H100NO10P. The van der Waals surface area contributed by atoms with Crippen LogP contribution in [-0.4, -0.2) is 64.9 Å². The Labute approximate surface area is 426 Å². The van der Waals surface area contributed by atoms with E-state index in [1.807, 2.05) is 0 Å². The maximum Gasteiger partial charge on any atom is 0.472 e. The summed E-state index contributed by atoms with van der Waals surface area (Å²) in [6.07, 6.45) is 65.9. The fourth-order valence-electron chi connectivity index (χ4n) is 7.37. The predicted molar refractivity (Wildman–Crippen MR) is 291 cm³/mol. The monoisotopic (exact) mass is 1000 g/mol. The van der Waals surface area contributed by atoms with E-state index in [9.17, 15) is 34.1 Å². The molecular weight excluding hydrogens is 902 g/mol. The van der Waals surface area contributed by atoms with E-state index in [1.165, 1.54) is 96.3 Å². The van der Waals surface area contributed by atoms with Crippen LogP contribution in [0, 0.1) is 0 Å². The molecule has 0 aliphatic carbocycles. The Morgan fingerprint density at radius 2 is 0.786 bits per heavy atom. The molecule has 0 bridgehead atoms. The first-order valence-corrected chi connectivity index (χ1v) is 29.1. The highest BCUT2D eigenvalue weighted by Gasteiger charge is 2.28. The van der Waals surface area contributed by atoms with Gasteiger partial charge in [-0.3, -0.25) is 18.6 Å². The summed E-state index contributed by atoms with van der Waals surface area (Å²) in [6, 6.07) is -1.56. The molecule has 12 heteroatoms. The molecule has 0 aliphatic rings. The lowest BCUT2D eigenvalue weighted by Crippen LogP contribution is -2.43. The van der Waals surface area contributed by atoms with Crippen LogP contribution >= 0.6 is 7.82 Å². The average molecular weight is 1000 g/mol. The van der Waals surface area contributed by atoms with Gasteiger partial charge in [-0.25, -0.2) is 9.36 Å². The molecule has 0 heterocycles. The number of aliphatic hydroxyl groups excluding tert-OH is 1. The van der Waals surface area contributed by atoms with Crippen molar-refractivity contribution in [2.75, 3.05) is 19.8 Å². The number of nitrogens with one attached hydrogen (secondary N) is 1. The highest BCUT2D eigenvalue weighted by molar-refractivity contribution is 7.47. The van der Waals surface area contributed by atoms with Gasteiger partial charge in [0.25, 0.3) is 0 Å². The molecule has 3 unspecified atom stereocenters. The molecule has 11 nitrogen and oxygen atoms in total. The Balaban J connectivity index is 3.84. The number of ether oxygens (including phenoxy) is 1. The van der Waals surface area contributed by atoms with Crippen LogP contribution in [0.4, 0.5) is 0 Å². The maximum atomic E-state index is 12.4. The molecule has 0 saturated carbocycles. The number of phosphoric ester groups is 1. The molecule has 0 aromatic heterocycles. The number of allylic oxidation sites excluding steroid dienone is 14. The van der Waals surface area contributed by atoms with Crippen molar-refractivity contribution in [3.63, 3.8) is 0 Å². The standard InChI is InChI=1S/C58H100NO10P/c1-3-5-7-9-11-13-15-17-19-21-23-25-27-29-31-33-35-37-39-41-43-45-47-49-56(61)59-55(58(63)64)53-69-70(65,66)68-52-54(60)51-67-57(62)50-48-46-44-42-40-38-36-34-32-30-28-26-24-22-20-18-16-14-12-10-8-6-4-2/h11-14,17-20,23-26,30,32,54-55,60H,3-10,15-16,21-22,27-29,31,33-53H2,1-2H3,(H,59,61)(H,63,64)(H,65,66)/b13-11-,14-12-,19-17-,20-18-,25-23-,26-24-,32-30-. The Bertz CT molecular complexity index is 1500. The van der Waals surface area contributed by atoms with E-state index < -0.39 is 57.6 Å². The summed E-state index contributed by atoms with van der Waals surface area (Å²) in [5, 5.41) is 22.0. The molecule has 0 radical (unpaired) electrons. The molecule has 3 atom stereocenters. The molecule has 0 fully saturated rings. The molecule has 402 valence electrons. The zero-order valence-corrected chi connectivity index (χ0v) is 44.9. The van der Waals surface area contributed by atoms with E-state index >= 15 is 0 Å². The van der Waals surface area contributed by atoms with Crippen LogP contribution in [0.5, 0.6) is 0 Å². The lowest BCUT2D eigenvalue weighted by atomic mass is 10.0. The lowest BCUT2D eigenvalue weighted by Gasteiger charge is -2.18. The average Bonchev–Trinajstić information content (AvgIpc) is 3.34. The number of carbonyl (C=O) groups excluding carboxylic acids is 2. The third-order valence-corrected chi connectivity index (χ3v) is 12.6. The van der Waals surface area contributed by atoms with Gasteiger partial charge in [0.05, 0.1) is 13.2 Å². The Morgan fingerprint density at radius 3 is 1.17 bits per heavy atom. The SMILES string of the molecule is CCCCC/C=C\C/C=C\C/C=C\C/C=C\CCCCCCCCCC(=O)OCC(O)COP(=O)(O)OCC(NC(=O)CCCCCCCCCCCC/C=C\C/C=C\C/C=C\CCCCC)C(=O)O. The van der Waals surface area contributed by atoms with Gasteiger partial charge in [-0.15, -0.1) is 0 Å². The van der Waals surface area contributed by atoms with Crippen LogP contribution in [0.15, 0.2) is 85.1 Å². The van der Waals surface area contributed by atoms with Gasteiger partial charge in [0, 0.05) is 12.8 Å². The molecule has 0 aromatic rings. The summed E-state index contributed by atoms with van der Waals surface area (Å²) in [5.74, 6) is -2.39. The number of carbonyl (C=O) groups is 3. The van der Waals surface area contributed by atoms with Crippen molar-refractivity contribution in [1.82, 2.24) is 5.32 Å². The molecule has 0 saturated heterocycles. The fraction of sp³-hybridized carbons (Fsp3) is 0.707. The van der Waals surface area contributed by atoms with Gasteiger partial charge in [-0.1, -0.05) is 208 Å². The van der Waals surface area contributed by atoms with Crippen LogP contribution in [0.3, 0.4) is 0 Å². The smallest absolute Gasteiger partial charge is 0.472 e. The minimum absolute atomic E-state index is 0.136. The zero-order chi connectivity index (χ0) is 51.3. The highest BCUT2D eigenvalue weighted by Crippen LogP contribution is 2.43. The zero-order valence-electron chi connectivity index (χ0n) is 44.0. The van der Waals surface area contributed by atoms with Crippen LogP contribution in [-0.2, 0) is 32.7 Å². The summed E-state index contributed by atoms with van der Waals surface area (Å²) in [6.45, 7) is 2.55. The second kappa shape index (κ2) is 52.0. The number of amides is 1. The van der Waals surface area contributed by atoms with Gasteiger partial charge in [0.15, 0.2) is 6.04 Å². The predicted octanol–water partition coefficient (Wildman–Crippen LogP) is 15.8. The van der Waals surface area contributed by atoms with Gasteiger partial charge >= 0.3 is 19.8 Å². The molecule has 4 N–H and O–H groups in total. The van der Waals surface area contributed by atoms with Crippen molar-refractivity contribution >= 4 is 25.7 Å². The summed E-state index contributed by atoms with van der Waals surface area (Å²) in [7, 11) is -4.77. The van der Waals surface area contributed by atoms with E-state index in [2.05, 4.69) is 104 Å². The van der Waals surface area contributed by atoms with Gasteiger partial charge in [-0.2, -0.15) is 0 Å². The van der Waals surface area contributed by atoms with Gasteiger partial charge in [-0.05, 0) is 96.3 Å².